The summed E-state index contributed by atoms with van der Waals surface area (Å²) in [5.74, 6) is 5.72. The summed E-state index contributed by atoms with van der Waals surface area (Å²) in [6.07, 6.45) is 6.46. The van der Waals surface area contributed by atoms with Crippen molar-refractivity contribution in [2.24, 2.45) is 5.73 Å². The molecule has 1 heterocycles. The van der Waals surface area contributed by atoms with Crippen molar-refractivity contribution in [1.29, 1.82) is 0 Å². The predicted octanol–water partition coefficient (Wildman–Crippen LogP) is 7.82. The minimum atomic E-state index is -0.185. The molecule has 0 fully saturated rings. The zero-order valence-electron chi connectivity index (χ0n) is 26.1. The number of anilines is 2. The smallest absolute Gasteiger partial charge is 0.251 e. The first-order valence-corrected chi connectivity index (χ1v) is 14.9. The van der Waals surface area contributed by atoms with Gasteiger partial charge in [-0.05, 0) is 38.4 Å². The van der Waals surface area contributed by atoms with E-state index < -0.39 is 0 Å². The van der Waals surface area contributed by atoms with E-state index in [-0.39, 0.29) is 16.6 Å². The van der Waals surface area contributed by atoms with Gasteiger partial charge < -0.3 is 20.7 Å². The Balaban J connectivity index is -0.000000299. The molecule has 6 nitrogen and oxygen atoms in total. The number of nitrogens with two attached hydrogens (primary N) is 1. The van der Waals surface area contributed by atoms with E-state index >= 15 is 0 Å². The Bertz CT molecular complexity index is 770. The van der Waals surface area contributed by atoms with E-state index in [9.17, 15) is 4.79 Å². The van der Waals surface area contributed by atoms with Crippen molar-refractivity contribution in [2.45, 2.75) is 93.9 Å². The van der Waals surface area contributed by atoms with Gasteiger partial charge >= 0.3 is 0 Å². The molecule has 216 valence electrons. The zero-order chi connectivity index (χ0) is 30.0. The summed E-state index contributed by atoms with van der Waals surface area (Å²) in [6.45, 7) is 30.8. The number of aromatic nitrogens is 1. The van der Waals surface area contributed by atoms with Crippen LogP contribution in [0.2, 0.25) is 0 Å². The molecule has 1 aromatic heterocycles. The lowest BCUT2D eigenvalue weighted by molar-refractivity contribution is 0.0956. The molecule has 0 aliphatic carbocycles. The first-order chi connectivity index (χ1) is 17.5. The highest BCUT2D eigenvalue weighted by Crippen LogP contribution is 2.31. The standard InChI is InChI=1S/C16H28N4OS.C7H10.C3H9N.2C2H6/c1-7-9-20(22(6)12(3)4)15-11-13(16(21)18-8-2)10-14(17-5)19-15;1-4-6-7(3)5-2;1-3(2)4;2*1-2/h10-12H,6-9H2,1-5H3,(H,17,19)(H,18,21);4-6H,1-2H2,3H3;3H,4H2,1-2H3;2*1-2H3/b;7-6-;;;. The van der Waals surface area contributed by atoms with Gasteiger partial charge in [0.2, 0.25) is 0 Å². The second kappa shape index (κ2) is 28.2. The number of hydrogen-bond acceptors (Lipinski definition) is 5. The molecule has 0 spiro atoms. The lowest BCUT2D eigenvalue weighted by Crippen LogP contribution is -2.25. The second-order valence-corrected chi connectivity index (χ2v) is 10.0. The number of allylic oxidation sites excluding steroid dienone is 4. The first kappa shape index (κ1) is 41.7. The Morgan fingerprint density at radius 1 is 1.14 bits per heavy atom. The van der Waals surface area contributed by atoms with Crippen molar-refractivity contribution in [3.8, 4) is 0 Å². The Morgan fingerprint density at radius 2 is 1.65 bits per heavy atom. The van der Waals surface area contributed by atoms with Crippen molar-refractivity contribution >= 4 is 34.1 Å². The number of pyridine rings is 1. The van der Waals surface area contributed by atoms with Gasteiger partial charge in [-0.2, -0.15) is 0 Å². The van der Waals surface area contributed by atoms with Crippen LogP contribution in [-0.2, 0) is 0 Å². The summed E-state index contributed by atoms with van der Waals surface area (Å²) in [4.78, 5) is 16.8. The molecule has 0 aromatic carbocycles. The fourth-order valence-electron chi connectivity index (χ4n) is 2.23. The van der Waals surface area contributed by atoms with Gasteiger partial charge in [-0.1, -0.05) is 116 Å². The van der Waals surface area contributed by atoms with Crippen LogP contribution in [0.25, 0.3) is 0 Å². The summed E-state index contributed by atoms with van der Waals surface area (Å²) in [5.41, 5.74) is 6.88. The molecule has 37 heavy (non-hydrogen) atoms. The molecule has 1 atom stereocenters. The molecular formula is C30H59N5OS. The van der Waals surface area contributed by atoms with Crippen molar-refractivity contribution < 1.29 is 4.79 Å². The number of nitrogens with zero attached hydrogens (tertiary/aromatic N) is 2. The third-order valence-electron chi connectivity index (χ3n) is 3.88. The summed E-state index contributed by atoms with van der Waals surface area (Å²) < 4.78 is 2.20. The summed E-state index contributed by atoms with van der Waals surface area (Å²) in [5, 5.41) is 6.30. The van der Waals surface area contributed by atoms with E-state index in [0.29, 0.717) is 29.2 Å². The van der Waals surface area contributed by atoms with Crippen molar-refractivity contribution in [1.82, 2.24) is 10.3 Å². The Morgan fingerprint density at radius 3 is 1.97 bits per heavy atom. The number of hydrogen-bond donors (Lipinski definition) is 3. The van der Waals surface area contributed by atoms with Gasteiger partial charge in [0.25, 0.3) is 5.91 Å². The van der Waals surface area contributed by atoms with Gasteiger partial charge in [-0.15, -0.1) is 0 Å². The van der Waals surface area contributed by atoms with Crippen LogP contribution in [0.3, 0.4) is 0 Å². The number of nitrogens with one attached hydrogen (secondary N) is 2. The lowest BCUT2D eigenvalue weighted by Gasteiger charge is -2.29. The molecule has 7 heteroatoms. The SMILES string of the molecule is C=C/C=C(/C)C=C.C=S(C(C)C)N(CCC)c1cc(C(=O)NCC)cc(NC)n1.CC.CC.CC(C)N. The molecule has 0 saturated carbocycles. The van der Waals surface area contributed by atoms with E-state index in [1.165, 1.54) is 0 Å². The van der Waals surface area contributed by atoms with E-state index in [2.05, 4.69) is 59.7 Å². The van der Waals surface area contributed by atoms with E-state index in [1.807, 2.05) is 74.6 Å². The Kier molecular flexibility index (Phi) is 31.8. The first-order valence-electron chi connectivity index (χ1n) is 13.4. The fraction of sp³-hybridized carbons (Fsp3) is 0.567. The zero-order valence-corrected chi connectivity index (χ0v) is 26.9. The number of rotatable bonds is 10. The topological polar surface area (TPSA) is 83.3 Å². The minimum Gasteiger partial charge on any atom is -0.373 e. The van der Waals surface area contributed by atoms with Gasteiger partial charge in [0.05, 0.1) is 0 Å². The van der Waals surface area contributed by atoms with Gasteiger partial charge in [0, 0.05) is 31.0 Å². The summed E-state index contributed by atoms with van der Waals surface area (Å²) in [6, 6.07) is 3.96. The van der Waals surface area contributed by atoms with Crippen LogP contribution in [-0.4, -0.2) is 48.2 Å². The molecule has 0 aliphatic heterocycles. The minimum absolute atomic E-state index is 0.0763. The largest absolute Gasteiger partial charge is 0.373 e. The van der Waals surface area contributed by atoms with Gasteiger partial charge in [0.15, 0.2) is 0 Å². The molecule has 1 amide bonds. The number of carbonyl (C=O) groups excluding carboxylic acids is 1. The quantitative estimate of drug-likeness (QED) is 0.209. The molecular weight excluding hydrogens is 478 g/mol. The van der Waals surface area contributed by atoms with Gasteiger partial charge in [-0.25, -0.2) is 4.98 Å². The third-order valence-corrected chi connectivity index (χ3v) is 5.90. The second-order valence-electron chi connectivity index (χ2n) is 7.86. The fourth-order valence-corrected chi connectivity index (χ4v) is 3.49. The van der Waals surface area contributed by atoms with Crippen LogP contribution in [0.1, 0.15) is 92.9 Å². The third kappa shape index (κ3) is 22.5. The summed E-state index contributed by atoms with van der Waals surface area (Å²) >= 11 is 0. The maximum Gasteiger partial charge on any atom is 0.251 e. The van der Waals surface area contributed by atoms with Crippen molar-refractivity contribution in [3.63, 3.8) is 0 Å². The maximum atomic E-state index is 12.2. The molecule has 0 radical (unpaired) electrons. The number of amides is 1. The van der Waals surface area contributed by atoms with Gasteiger partial charge in [-0.3, -0.25) is 4.79 Å². The molecule has 4 N–H and O–H groups in total. The van der Waals surface area contributed by atoms with Crippen LogP contribution in [0.4, 0.5) is 11.6 Å². The van der Waals surface area contributed by atoms with E-state index in [4.69, 9.17) is 5.73 Å². The average molecular weight is 538 g/mol. The van der Waals surface area contributed by atoms with Crippen LogP contribution < -0.4 is 20.7 Å². The molecule has 1 aromatic rings. The molecule has 1 rings (SSSR count). The summed E-state index contributed by atoms with van der Waals surface area (Å²) in [7, 11) is 1.63. The lowest BCUT2D eigenvalue weighted by atomic mass is 10.2. The highest BCUT2D eigenvalue weighted by molar-refractivity contribution is 8.15. The molecule has 0 bridgehead atoms. The molecule has 1 unspecified atom stereocenters. The highest BCUT2D eigenvalue weighted by Gasteiger charge is 2.16. The van der Waals surface area contributed by atoms with Crippen molar-refractivity contribution in [3.05, 3.63) is 54.7 Å². The highest BCUT2D eigenvalue weighted by atomic mass is 32.2. The van der Waals surface area contributed by atoms with Crippen LogP contribution in [0.5, 0.6) is 0 Å². The maximum absolute atomic E-state index is 12.2. The molecule has 0 aliphatic rings. The van der Waals surface area contributed by atoms with Crippen LogP contribution in [0, 0.1) is 0 Å². The Hall–Kier alpha value is -2.38. The van der Waals surface area contributed by atoms with Crippen molar-refractivity contribution in [2.75, 3.05) is 29.8 Å². The monoisotopic (exact) mass is 537 g/mol. The Labute approximate surface area is 233 Å². The number of carbonyl (C=O) groups is 1. The molecule has 0 saturated heterocycles. The van der Waals surface area contributed by atoms with Crippen LogP contribution in [0.15, 0.2) is 49.1 Å². The predicted molar refractivity (Wildman–Crippen MR) is 175 cm³/mol. The average Bonchev–Trinajstić information content (AvgIpc) is 2.89. The van der Waals surface area contributed by atoms with E-state index in [1.54, 1.807) is 18.2 Å². The van der Waals surface area contributed by atoms with E-state index in [0.717, 1.165) is 24.4 Å². The normalized spacial score (nSPS) is 10.5. The van der Waals surface area contributed by atoms with Gasteiger partial charge in [0.1, 0.15) is 11.6 Å². The van der Waals surface area contributed by atoms with Crippen LogP contribution >= 0.6 is 10.7 Å².